The molecule has 2 rings (SSSR count). The van der Waals surface area contributed by atoms with Crippen LogP contribution in [0, 0.1) is 6.92 Å². The van der Waals surface area contributed by atoms with Gasteiger partial charge in [0.15, 0.2) is 11.5 Å². The van der Waals surface area contributed by atoms with E-state index in [1.54, 1.807) is 26.2 Å². The Balaban J connectivity index is 0.00000312. The van der Waals surface area contributed by atoms with Gasteiger partial charge in [-0.3, -0.25) is 4.79 Å². The SMILES string of the molecule is COc1cc(C)c(CN(C)C(=O)CNc2ccccc2)cc1OC.Cl. The van der Waals surface area contributed by atoms with Crippen LogP contribution < -0.4 is 14.8 Å². The standard InChI is InChI=1S/C19H24N2O3.ClH/c1-14-10-17(23-3)18(24-4)11-15(14)13-21(2)19(22)12-20-16-8-6-5-7-9-16;/h5-11,20H,12-13H2,1-4H3;1H. The van der Waals surface area contributed by atoms with Crippen molar-refractivity contribution in [2.24, 2.45) is 0 Å². The molecule has 1 N–H and O–H groups in total. The highest BCUT2D eigenvalue weighted by atomic mass is 35.5. The lowest BCUT2D eigenvalue weighted by molar-refractivity contribution is -0.128. The van der Waals surface area contributed by atoms with Crippen molar-refractivity contribution < 1.29 is 14.3 Å². The summed E-state index contributed by atoms with van der Waals surface area (Å²) in [6, 6.07) is 13.5. The molecule has 0 bridgehead atoms. The number of carbonyl (C=O) groups is 1. The summed E-state index contributed by atoms with van der Waals surface area (Å²) in [7, 11) is 5.02. The number of ether oxygens (including phenoxy) is 2. The number of methoxy groups -OCH3 is 2. The maximum Gasteiger partial charge on any atom is 0.241 e. The molecule has 136 valence electrons. The lowest BCUT2D eigenvalue weighted by Crippen LogP contribution is -2.32. The van der Waals surface area contributed by atoms with Crippen LogP contribution in [0.15, 0.2) is 42.5 Å². The second-order valence-electron chi connectivity index (χ2n) is 5.60. The van der Waals surface area contributed by atoms with Crippen LogP contribution in [-0.4, -0.2) is 38.6 Å². The number of likely N-dealkylation sites (N-methyl/N-ethyl adjacent to an activating group) is 1. The van der Waals surface area contributed by atoms with Gasteiger partial charge in [0, 0.05) is 19.3 Å². The van der Waals surface area contributed by atoms with E-state index in [2.05, 4.69) is 5.32 Å². The first-order chi connectivity index (χ1) is 11.5. The molecule has 5 nitrogen and oxygen atoms in total. The van der Waals surface area contributed by atoms with Gasteiger partial charge in [-0.2, -0.15) is 0 Å². The van der Waals surface area contributed by atoms with E-state index in [0.717, 1.165) is 16.8 Å². The number of hydrogen-bond donors (Lipinski definition) is 1. The zero-order chi connectivity index (χ0) is 17.5. The lowest BCUT2D eigenvalue weighted by Gasteiger charge is -2.20. The second-order valence-corrected chi connectivity index (χ2v) is 5.60. The minimum Gasteiger partial charge on any atom is -0.493 e. The Labute approximate surface area is 155 Å². The average Bonchev–Trinajstić information content (AvgIpc) is 2.61. The number of aryl methyl sites for hydroxylation is 1. The average molecular weight is 365 g/mol. The van der Waals surface area contributed by atoms with Crippen molar-refractivity contribution in [2.75, 3.05) is 33.1 Å². The van der Waals surface area contributed by atoms with Crippen LogP contribution in [0.4, 0.5) is 5.69 Å². The van der Waals surface area contributed by atoms with Gasteiger partial charge < -0.3 is 19.7 Å². The van der Waals surface area contributed by atoms with Gasteiger partial charge in [0.2, 0.25) is 5.91 Å². The third kappa shape index (κ3) is 5.57. The molecule has 0 aromatic heterocycles. The predicted octanol–water partition coefficient (Wildman–Crippen LogP) is 3.50. The molecule has 0 unspecified atom stereocenters. The number of hydrogen-bond acceptors (Lipinski definition) is 4. The maximum absolute atomic E-state index is 12.3. The number of para-hydroxylation sites is 1. The Morgan fingerprint density at radius 1 is 1.08 bits per heavy atom. The molecule has 0 aliphatic rings. The molecule has 0 spiro atoms. The Kier molecular flexibility index (Phi) is 8.08. The Morgan fingerprint density at radius 3 is 2.28 bits per heavy atom. The predicted molar refractivity (Wildman–Crippen MR) is 103 cm³/mol. The Hall–Kier alpha value is -2.40. The van der Waals surface area contributed by atoms with Crippen LogP contribution in [0.2, 0.25) is 0 Å². The molecule has 0 atom stereocenters. The first kappa shape index (κ1) is 20.6. The first-order valence-corrected chi connectivity index (χ1v) is 7.79. The fourth-order valence-electron chi connectivity index (χ4n) is 2.41. The lowest BCUT2D eigenvalue weighted by atomic mass is 10.1. The number of nitrogens with one attached hydrogen (secondary N) is 1. The van der Waals surface area contributed by atoms with Crippen LogP contribution in [0.1, 0.15) is 11.1 Å². The molecule has 6 heteroatoms. The van der Waals surface area contributed by atoms with Crippen molar-refractivity contribution in [1.29, 1.82) is 0 Å². The zero-order valence-electron chi connectivity index (χ0n) is 15.0. The topological polar surface area (TPSA) is 50.8 Å². The van der Waals surface area contributed by atoms with Gasteiger partial charge in [-0.25, -0.2) is 0 Å². The molecule has 0 aliphatic heterocycles. The van der Waals surface area contributed by atoms with Crippen molar-refractivity contribution in [3.05, 3.63) is 53.6 Å². The minimum absolute atomic E-state index is 0. The summed E-state index contributed by atoms with van der Waals surface area (Å²) < 4.78 is 10.6. The van der Waals surface area contributed by atoms with Crippen molar-refractivity contribution in [1.82, 2.24) is 4.90 Å². The largest absolute Gasteiger partial charge is 0.493 e. The van der Waals surface area contributed by atoms with Gasteiger partial charge in [0.1, 0.15) is 0 Å². The van der Waals surface area contributed by atoms with Crippen molar-refractivity contribution in [3.63, 3.8) is 0 Å². The summed E-state index contributed by atoms with van der Waals surface area (Å²) in [6.07, 6.45) is 0. The number of carbonyl (C=O) groups excluding carboxylic acids is 1. The third-order valence-corrected chi connectivity index (χ3v) is 3.89. The highest BCUT2D eigenvalue weighted by Gasteiger charge is 2.13. The normalized spacial score (nSPS) is 9.76. The van der Waals surface area contributed by atoms with E-state index in [1.807, 2.05) is 49.4 Å². The number of anilines is 1. The van der Waals surface area contributed by atoms with Crippen LogP contribution in [0.25, 0.3) is 0 Å². The number of halogens is 1. The minimum atomic E-state index is 0. The van der Waals surface area contributed by atoms with Gasteiger partial charge in [-0.05, 0) is 42.3 Å². The third-order valence-electron chi connectivity index (χ3n) is 3.89. The maximum atomic E-state index is 12.3. The molecule has 0 saturated carbocycles. The molecule has 0 radical (unpaired) electrons. The Morgan fingerprint density at radius 2 is 1.68 bits per heavy atom. The zero-order valence-corrected chi connectivity index (χ0v) is 15.9. The van der Waals surface area contributed by atoms with Crippen LogP contribution in [0.3, 0.4) is 0 Å². The summed E-state index contributed by atoms with van der Waals surface area (Å²) in [5.41, 5.74) is 3.02. The van der Waals surface area contributed by atoms with Gasteiger partial charge in [0.25, 0.3) is 0 Å². The molecular weight excluding hydrogens is 340 g/mol. The smallest absolute Gasteiger partial charge is 0.241 e. The fraction of sp³-hybridized carbons (Fsp3) is 0.316. The molecule has 0 aliphatic carbocycles. The summed E-state index contributed by atoms with van der Waals surface area (Å²) >= 11 is 0. The van der Waals surface area contributed by atoms with Crippen molar-refractivity contribution >= 4 is 24.0 Å². The summed E-state index contributed by atoms with van der Waals surface area (Å²) in [5.74, 6) is 1.38. The highest BCUT2D eigenvalue weighted by molar-refractivity contribution is 5.85. The number of benzene rings is 2. The first-order valence-electron chi connectivity index (χ1n) is 7.79. The molecule has 0 fully saturated rings. The van der Waals surface area contributed by atoms with Gasteiger partial charge >= 0.3 is 0 Å². The van der Waals surface area contributed by atoms with E-state index < -0.39 is 0 Å². The molecule has 2 aromatic carbocycles. The van der Waals surface area contributed by atoms with E-state index in [4.69, 9.17) is 9.47 Å². The van der Waals surface area contributed by atoms with Gasteiger partial charge in [-0.15, -0.1) is 12.4 Å². The molecular formula is C19H25ClN2O3. The fourth-order valence-corrected chi connectivity index (χ4v) is 2.41. The van der Waals surface area contributed by atoms with Gasteiger partial charge in [0.05, 0.1) is 20.8 Å². The quantitative estimate of drug-likeness (QED) is 0.816. The Bertz CT molecular complexity index is 693. The number of amides is 1. The van der Waals surface area contributed by atoms with Crippen molar-refractivity contribution in [2.45, 2.75) is 13.5 Å². The van der Waals surface area contributed by atoms with E-state index >= 15 is 0 Å². The highest BCUT2D eigenvalue weighted by Crippen LogP contribution is 2.30. The summed E-state index contributed by atoms with van der Waals surface area (Å²) in [4.78, 5) is 14.0. The van der Waals surface area contributed by atoms with Crippen LogP contribution in [0.5, 0.6) is 11.5 Å². The van der Waals surface area contributed by atoms with Crippen LogP contribution in [-0.2, 0) is 11.3 Å². The van der Waals surface area contributed by atoms with E-state index in [-0.39, 0.29) is 24.9 Å². The molecule has 25 heavy (non-hydrogen) atoms. The molecule has 0 heterocycles. The van der Waals surface area contributed by atoms with E-state index in [1.165, 1.54) is 0 Å². The number of nitrogens with zero attached hydrogens (tertiary/aromatic N) is 1. The van der Waals surface area contributed by atoms with Gasteiger partial charge in [-0.1, -0.05) is 18.2 Å². The number of rotatable bonds is 7. The molecule has 2 aromatic rings. The van der Waals surface area contributed by atoms with Crippen molar-refractivity contribution in [3.8, 4) is 11.5 Å². The summed E-state index contributed by atoms with van der Waals surface area (Å²) in [6.45, 7) is 2.77. The molecule has 0 saturated heterocycles. The summed E-state index contributed by atoms with van der Waals surface area (Å²) in [5, 5.41) is 3.13. The van der Waals surface area contributed by atoms with E-state index in [0.29, 0.717) is 18.0 Å². The van der Waals surface area contributed by atoms with E-state index in [9.17, 15) is 4.79 Å². The molecule has 1 amide bonds. The second kappa shape index (κ2) is 9.79. The van der Waals surface area contributed by atoms with Crippen LogP contribution >= 0.6 is 12.4 Å². The monoisotopic (exact) mass is 364 g/mol.